The lowest BCUT2D eigenvalue weighted by Gasteiger charge is -2.28. The molecule has 0 saturated heterocycles. The van der Waals surface area contributed by atoms with Gasteiger partial charge in [0.05, 0.1) is 0 Å². The Kier molecular flexibility index (Phi) is 5.62. The van der Waals surface area contributed by atoms with E-state index in [1.165, 1.54) is 0 Å². The van der Waals surface area contributed by atoms with Gasteiger partial charge in [0.1, 0.15) is 6.04 Å². The van der Waals surface area contributed by atoms with Gasteiger partial charge in [0, 0.05) is 23.7 Å². The molecule has 0 fully saturated rings. The molecule has 0 saturated carbocycles. The molecule has 1 aliphatic heterocycles. The average Bonchev–Trinajstić information content (AvgIpc) is 2.96. The molecule has 26 heavy (non-hydrogen) atoms. The first-order valence-electron chi connectivity index (χ1n) is 8.86. The number of nitrogens with one attached hydrogen (secondary N) is 1. The molecule has 2 aromatic rings. The lowest BCUT2D eigenvalue weighted by Crippen LogP contribution is -2.47. The van der Waals surface area contributed by atoms with Gasteiger partial charge in [-0.25, -0.2) is 0 Å². The molecule has 0 aliphatic carbocycles. The summed E-state index contributed by atoms with van der Waals surface area (Å²) in [6, 6.07) is 14.5. The van der Waals surface area contributed by atoms with Gasteiger partial charge in [-0.05, 0) is 41.7 Å². The van der Waals surface area contributed by atoms with Gasteiger partial charge in [0.2, 0.25) is 5.91 Å². The maximum Gasteiger partial charge on any atom is 0.255 e. The molecule has 0 aromatic heterocycles. The van der Waals surface area contributed by atoms with Crippen molar-refractivity contribution in [2.75, 3.05) is 0 Å². The number of fused-ring (bicyclic) bond motifs is 1. The summed E-state index contributed by atoms with van der Waals surface area (Å²) in [6.07, 6.45) is 0.631. The van der Waals surface area contributed by atoms with Gasteiger partial charge in [-0.15, -0.1) is 0 Å². The summed E-state index contributed by atoms with van der Waals surface area (Å²) in [6.45, 7) is 5.03. The van der Waals surface area contributed by atoms with E-state index in [9.17, 15) is 9.59 Å². The minimum Gasteiger partial charge on any atom is -0.350 e. The van der Waals surface area contributed by atoms with Gasteiger partial charge in [0.25, 0.3) is 5.91 Å². The molecule has 2 aromatic carbocycles. The van der Waals surface area contributed by atoms with Crippen molar-refractivity contribution in [1.29, 1.82) is 0 Å². The van der Waals surface area contributed by atoms with Crippen molar-refractivity contribution in [3.8, 4) is 0 Å². The Labute approximate surface area is 159 Å². The fourth-order valence-corrected chi connectivity index (χ4v) is 3.39. The van der Waals surface area contributed by atoms with Gasteiger partial charge in [-0.2, -0.15) is 0 Å². The van der Waals surface area contributed by atoms with Crippen molar-refractivity contribution in [1.82, 2.24) is 10.2 Å². The van der Waals surface area contributed by atoms with Crippen molar-refractivity contribution >= 4 is 23.4 Å². The Hall–Kier alpha value is -2.33. The van der Waals surface area contributed by atoms with E-state index < -0.39 is 6.04 Å². The van der Waals surface area contributed by atoms with Crippen molar-refractivity contribution < 1.29 is 9.59 Å². The first-order chi connectivity index (χ1) is 12.5. The second-order valence-corrected chi connectivity index (χ2v) is 7.52. The Bertz CT molecular complexity index is 802. The topological polar surface area (TPSA) is 49.4 Å². The molecular weight excluding hydrogens is 348 g/mol. The van der Waals surface area contributed by atoms with E-state index in [-0.39, 0.29) is 11.8 Å². The number of benzene rings is 2. The van der Waals surface area contributed by atoms with Crippen molar-refractivity contribution in [2.24, 2.45) is 5.92 Å². The Balaban J connectivity index is 1.72. The zero-order valence-electron chi connectivity index (χ0n) is 15.0. The number of carbonyl (C=O) groups is 2. The van der Waals surface area contributed by atoms with Crippen LogP contribution in [0.2, 0.25) is 5.02 Å². The van der Waals surface area contributed by atoms with Crippen LogP contribution < -0.4 is 5.32 Å². The zero-order chi connectivity index (χ0) is 18.7. The molecule has 0 spiro atoms. The lowest BCUT2D eigenvalue weighted by molar-refractivity contribution is -0.126. The van der Waals surface area contributed by atoms with Crippen LogP contribution in [0.4, 0.5) is 0 Å². The lowest BCUT2D eigenvalue weighted by atomic mass is 10.0. The van der Waals surface area contributed by atoms with Gasteiger partial charge in [-0.1, -0.05) is 55.8 Å². The van der Waals surface area contributed by atoms with E-state index in [2.05, 4.69) is 19.2 Å². The second-order valence-electron chi connectivity index (χ2n) is 7.08. The number of amides is 2. The van der Waals surface area contributed by atoms with E-state index in [0.717, 1.165) is 11.1 Å². The molecule has 2 amide bonds. The number of carbonyl (C=O) groups excluding carboxylic acids is 2. The highest BCUT2D eigenvalue weighted by atomic mass is 35.5. The third-order valence-electron chi connectivity index (χ3n) is 4.60. The van der Waals surface area contributed by atoms with Gasteiger partial charge >= 0.3 is 0 Å². The summed E-state index contributed by atoms with van der Waals surface area (Å²) < 4.78 is 0. The molecule has 1 unspecified atom stereocenters. The quantitative estimate of drug-likeness (QED) is 0.834. The second kappa shape index (κ2) is 7.92. The summed E-state index contributed by atoms with van der Waals surface area (Å²) in [4.78, 5) is 27.3. The predicted molar refractivity (Wildman–Crippen MR) is 103 cm³/mol. The summed E-state index contributed by atoms with van der Waals surface area (Å²) in [5.41, 5.74) is 2.66. The molecule has 5 heteroatoms. The van der Waals surface area contributed by atoms with Crippen molar-refractivity contribution in [2.45, 2.75) is 39.4 Å². The summed E-state index contributed by atoms with van der Waals surface area (Å²) in [7, 11) is 0. The first-order valence-corrected chi connectivity index (χ1v) is 9.24. The summed E-state index contributed by atoms with van der Waals surface area (Å²) in [5, 5.41) is 3.64. The normalized spacial score (nSPS) is 14.5. The van der Waals surface area contributed by atoms with Crippen LogP contribution in [0.1, 0.15) is 41.8 Å². The molecule has 0 bridgehead atoms. The van der Waals surface area contributed by atoms with Crippen LogP contribution in [0.3, 0.4) is 0 Å². The SMILES string of the molecule is CC(C)CC(C(=O)NCc1ccc(Cl)cc1)N1Cc2ccccc2C1=O. The van der Waals surface area contributed by atoms with Gasteiger partial charge < -0.3 is 10.2 Å². The average molecular weight is 371 g/mol. The van der Waals surface area contributed by atoms with Crippen LogP contribution in [0.25, 0.3) is 0 Å². The number of hydrogen-bond donors (Lipinski definition) is 1. The smallest absolute Gasteiger partial charge is 0.255 e. The summed E-state index contributed by atoms with van der Waals surface area (Å²) >= 11 is 5.90. The number of hydrogen-bond acceptors (Lipinski definition) is 2. The van der Waals surface area contributed by atoms with E-state index in [0.29, 0.717) is 36.0 Å². The van der Waals surface area contributed by atoms with Crippen LogP contribution in [-0.2, 0) is 17.9 Å². The van der Waals surface area contributed by atoms with E-state index >= 15 is 0 Å². The molecule has 1 heterocycles. The van der Waals surface area contributed by atoms with Crippen LogP contribution in [0.15, 0.2) is 48.5 Å². The molecule has 4 nitrogen and oxygen atoms in total. The molecule has 1 aliphatic rings. The first kappa shape index (κ1) is 18.5. The highest BCUT2D eigenvalue weighted by molar-refractivity contribution is 6.30. The number of nitrogens with zero attached hydrogens (tertiary/aromatic N) is 1. The molecular formula is C21H23ClN2O2. The van der Waals surface area contributed by atoms with Crippen molar-refractivity contribution in [3.63, 3.8) is 0 Å². The minimum atomic E-state index is -0.470. The van der Waals surface area contributed by atoms with Crippen LogP contribution in [-0.4, -0.2) is 22.8 Å². The highest BCUT2D eigenvalue weighted by Gasteiger charge is 2.36. The number of halogens is 1. The standard InChI is InChI=1S/C21H23ClN2O2/c1-14(2)11-19(20(25)23-12-15-7-9-17(22)10-8-15)24-13-16-5-3-4-6-18(16)21(24)26/h3-10,14,19H,11-13H2,1-2H3,(H,23,25). The van der Waals surface area contributed by atoms with Crippen molar-refractivity contribution in [3.05, 3.63) is 70.2 Å². The Morgan fingerprint density at radius 1 is 1.15 bits per heavy atom. The van der Waals surface area contributed by atoms with E-state index in [1.807, 2.05) is 36.4 Å². The van der Waals surface area contributed by atoms with Crippen LogP contribution >= 0.6 is 11.6 Å². The third kappa shape index (κ3) is 4.07. The van der Waals surface area contributed by atoms with E-state index in [1.54, 1.807) is 17.0 Å². The molecule has 0 radical (unpaired) electrons. The minimum absolute atomic E-state index is 0.0621. The molecule has 1 N–H and O–H groups in total. The van der Waals surface area contributed by atoms with Gasteiger partial charge in [-0.3, -0.25) is 9.59 Å². The molecule has 136 valence electrons. The largest absolute Gasteiger partial charge is 0.350 e. The maximum absolute atomic E-state index is 12.9. The maximum atomic E-state index is 12.9. The van der Waals surface area contributed by atoms with Crippen LogP contribution in [0, 0.1) is 5.92 Å². The number of rotatable bonds is 6. The summed E-state index contributed by atoms with van der Waals surface area (Å²) in [5.74, 6) is 0.125. The fraction of sp³-hybridized carbons (Fsp3) is 0.333. The third-order valence-corrected chi connectivity index (χ3v) is 4.85. The van der Waals surface area contributed by atoms with Crippen LogP contribution in [0.5, 0.6) is 0 Å². The fourth-order valence-electron chi connectivity index (χ4n) is 3.26. The predicted octanol–water partition coefficient (Wildman–Crippen LogP) is 4.03. The Morgan fingerprint density at radius 3 is 2.50 bits per heavy atom. The monoisotopic (exact) mass is 370 g/mol. The molecule has 3 rings (SSSR count). The zero-order valence-corrected chi connectivity index (χ0v) is 15.8. The van der Waals surface area contributed by atoms with E-state index in [4.69, 9.17) is 11.6 Å². The Morgan fingerprint density at radius 2 is 1.85 bits per heavy atom. The highest BCUT2D eigenvalue weighted by Crippen LogP contribution is 2.27. The molecule has 1 atom stereocenters. The van der Waals surface area contributed by atoms with Gasteiger partial charge in [0.15, 0.2) is 0 Å².